The number of carbonyl (C=O) groups excluding carboxylic acids is 8. The molecule has 1 aromatic carbocycles. The number of fused-ring (bicyclic) bond motifs is 13. The number of aromatic hydroxyl groups is 1. The van der Waals surface area contributed by atoms with Crippen LogP contribution >= 0.6 is 68.4 Å². The maximum absolute atomic E-state index is 16.0. The molecule has 3 fully saturated rings. The third-order valence-corrected chi connectivity index (χ3v) is 25.4. The summed E-state index contributed by atoms with van der Waals surface area (Å²) in [4.78, 5) is 146. The van der Waals surface area contributed by atoms with Gasteiger partial charge in [0.1, 0.15) is 132 Å². The van der Waals surface area contributed by atoms with Gasteiger partial charge in [-0.25, -0.2) is 29.9 Å². The van der Waals surface area contributed by atoms with Crippen LogP contribution < -0.4 is 37.1 Å². The highest BCUT2D eigenvalue weighted by Gasteiger charge is 2.51. The number of aromatic nitrogens is 7. The molecule has 0 radical (unpaired) electrons. The van der Waals surface area contributed by atoms with Crippen molar-refractivity contribution in [2.45, 2.75) is 177 Å². The number of thioether (sulfide) groups is 1. The number of cyclic esters (lactones) is 1. The zero-order chi connectivity index (χ0) is 84.4. The van der Waals surface area contributed by atoms with Crippen LogP contribution in [-0.2, 0) is 79.7 Å². The van der Waals surface area contributed by atoms with Gasteiger partial charge in [-0.2, -0.15) is 0 Å². The zero-order valence-electron chi connectivity index (χ0n) is 64.6. The minimum atomic E-state index is -1.96. The summed E-state index contributed by atoms with van der Waals surface area (Å²) in [5, 5.41) is 75.7. The van der Waals surface area contributed by atoms with Crippen LogP contribution in [0.15, 0.2) is 63.8 Å². The fourth-order valence-corrected chi connectivity index (χ4v) is 19.0. The largest absolute Gasteiger partial charge is 0.506 e. The number of methoxy groups -OCH3 is 5. The number of benzene rings is 1. The van der Waals surface area contributed by atoms with E-state index in [9.17, 15) is 49.5 Å². The Morgan fingerprint density at radius 3 is 2.14 bits per heavy atom. The number of nitrogens with zero attached hydrogens (tertiary/aromatic N) is 6. The Balaban J connectivity index is 0.930. The monoisotopic (exact) mass is 1750 g/mol. The topological polar surface area (TPSA) is 528 Å². The number of allylic oxidation sites excluding steroid dienone is 1. The van der Waals surface area contributed by atoms with Gasteiger partial charge in [0, 0.05) is 84.2 Å². The number of carbonyl (C=O) groups is 8. The standard InChI is InChI=1S/C74H83N13O25S6/c1-26(60(75)94)76-61(95)37-23-116-69(82-37)51-41(89)17-33-49(83-51)36-21-114-67(79-36)40-25-117-71(100)50-34(20-101-7)46-32(13-12-14-35(46)77-50)19-106-44(91)18-42(90)52(86-63(97)39-24-115-68(81-39)48(29(4)102-8)85-64(98)47(27(2)88)84-62(96)38-22-113-66(33)80-38)70-87-53(65(99)78-40)74(118-70)112-73-59(105-11)58(104-10)56(31(6)109-73)111-45-16-15-43(28(3)107-45)110-72-55(93)57(103-9)54(92)30(5)108-72/h12-14,17,21-24,27-28,30-31,40,42-43,45,47,52,54-59,72-73,77,88-90,92-93H,1,15-16,18-20,25H2,2-11H3,(H2,75,94)(H,76,95)(H,78,99)(H,84,96)(H,85,98)(H,86,97)/b48-29+/t27-,28+,30-,31-,40+,42+,43-,45-,47+,52+,54-,55+,56-,57-,58+,59+,72+,73-/m1/s1. The summed E-state index contributed by atoms with van der Waals surface area (Å²) >= 11 is 4.99. The molecular weight excluding hydrogens is 1660 g/mol. The van der Waals surface area contributed by atoms with Gasteiger partial charge >= 0.3 is 5.97 Å². The van der Waals surface area contributed by atoms with E-state index in [0.717, 1.165) is 57.1 Å². The van der Waals surface area contributed by atoms with Gasteiger partial charge in [-0.1, -0.05) is 41.8 Å². The predicted molar refractivity (Wildman–Crippen MR) is 424 cm³/mol. The Morgan fingerprint density at radius 1 is 0.729 bits per heavy atom. The summed E-state index contributed by atoms with van der Waals surface area (Å²) in [6, 6.07) is 1.52. The fourth-order valence-electron chi connectivity index (χ4n) is 13.7. The van der Waals surface area contributed by atoms with Crippen LogP contribution in [0.25, 0.3) is 49.3 Å². The lowest BCUT2D eigenvalue weighted by molar-refractivity contribution is -0.342. The number of rotatable bonds is 17. The van der Waals surface area contributed by atoms with Gasteiger partial charge in [0.05, 0.1) is 74.2 Å². The quantitative estimate of drug-likeness (QED) is 0.0336. The summed E-state index contributed by atoms with van der Waals surface area (Å²) < 4.78 is 73.5. The zero-order valence-corrected chi connectivity index (χ0v) is 69.5. The first kappa shape index (κ1) is 86.6. The molecule has 18 atom stereocenters. The Bertz CT molecular complexity index is 5160. The second-order valence-electron chi connectivity index (χ2n) is 27.7. The van der Waals surface area contributed by atoms with Crippen molar-refractivity contribution >= 4 is 132 Å². The molecule has 44 heteroatoms. The van der Waals surface area contributed by atoms with E-state index in [4.69, 9.17) is 77.5 Å². The molecule has 5 aliphatic rings. The van der Waals surface area contributed by atoms with Gasteiger partial charge in [-0.3, -0.25) is 38.4 Å². The molecule has 630 valence electrons. The molecule has 7 aromatic heterocycles. The average molecular weight is 1750 g/mol. The van der Waals surface area contributed by atoms with Crippen LogP contribution in [0.3, 0.4) is 0 Å². The van der Waals surface area contributed by atoms with E-state index in [1.807, 2.05) is 0 Å². The van der Waals surface area contributed by atoms with Crippen LogP contribution in [0.2, 0.25) is 0 Å². The number of pyridine rings is 1. The SMILES string of the molecule is C=C(NC(=O)c1csc(-c2nc3c(cc2O)-c2nc(cs2)C(=O)N[C@@H]([C@@H](C)O)C(=O)N/C(=C(\C)OC)c2nc(cs2)C(=O)N[C@@H]2c4nc(c(O[C@H]5O[C@H](C)[C@@H](O[C@@H]6CC[C@@H](O[C@@H]7O[C@H](C)[C@@H](O)[C@@H](OC)[C@@H]7O)[C@H](C)O6)[C@H](OC)[C@@H]5OC)s4)C(=O)N[C@@H](CSC(=O)c4[nH]c5cccc(c5c4COC)COC(=O)C[C@@H]2O)c2nc-3cs2)n1)C(N)=O. The van der Waals surface area contributed by atoms with E-state index in [2.05, 4.69) is 53.1 Å². The molecule has 0 saturated carbocycles. The Hall–Kier alpha value is -9.27. The lowest BCUT2D eigenvalue weighted by Crippen LogP contribution is -2.61. The molecule has 12 heterocycles. The van der Waals surface area contributed by atoms with Crippen molar-refractivity contribution in [2.75, 3.05) is 41.3 Å². The van der Waals surface area contributed by atoms with E-state index in [1.165, 1.54) is 71.6 Å². The van der Waals surface area contributed by atoms with E-state index in [1.54, 1.807) is 44.4 Å². The second-order valence-corrected chi connectivity index (χ2v) is 33.2. The van der Waals surface area contributed by atoms with Crippen LogP contribution in [0.4, 0.5) is 0 Å². The summed E-state index contributed by atoms with van der Waals surface area (Å²) in [5.41, 5.74) is 4.62. The van der Waals surface area contributed by atoms with Crippen LogP contribution in [0, 0.1) is 0 Å². The Labute approximate surface area is 695 Å². The van der Waals surface area contributed by atoms with Gasteiger partial charge in [0.15, 0.2) is 18.3 Å². The number of nitrogens with two attached hydrogens (primary N) is 1. The average Bonchev–Trinajstić information content (AvgIpc) is 1.53. The molecule has 13 rings (SSSR count). The summed E-state index contributed by atoms with van der Waals surface area (Å²) in [6.07, 6.45) is -16.9. The van der Waals surface area contributed by atoms with E-state index >= 15 is 14.4 Å². The number of esters is 1. The lowest BCUT2D eigenvalue weighted by atomic mass is 9.98. The number of aliphatic hydroxyl groups is 4. The first-order chi connectivity index (χ1) is 56.5. The van der Waals surface area contributed by atoms with Gasteiger partial charge in [-0.05, 0) is 58.7 Å². The second kappa shape index (κ2) is 37.2. The Kier molecular flexibility index (Phi) is 27.3. The third-order valence-electron chi connectivity index (χ3n) is 19.9. The minimum Gasteiger partial charge on any atom is -0.506 e. The number of primary amides is 1. The number of hydrogen-bond donors (Lipinski definition) is 12. The molecule has 8 aromatic rings. The highest BCUT2D eigenvalue weighted by atomic mass is 32.2. The van der Waals surface area contributed by atoms with Crippen molar-refractivity contribution < 1.29 is 121 Å². The lowest BCUT2D eigenvalue weighted by Gasteiger charge is -2.46. The molecule has 5 aliphatic heterocycles. The third kappa shape index (κ3) is 18.4. The van der Waals surface area contributed by atoms with Crippen molar-refractivity contribution in [3.8, 4) is 43.5 Å². The number of amides is 6. The molecule has 6 amide bonds. The van der Waals surface area contributed by atoms with E-state index in [-0.39, 0.29) is 106 Å². The minimum absolute atomic E-state index is 0.0286. The molecule has 118 heavy (non-hydrogen) atoms. The smallest absolute Gasteiger partial charge is 0.308 e. The van der Waals surface area contributed by atoms with E-state index in [0.29, 0.717) is 39.8 Å². The van der Waals surface area contributed by atoms with Crippen molar-refractivity contribution in [3.05, 3.63) is 118 Å². The molecule has 0 spiro atoms. The summed E-state index contributed by atoms with van der Waals surface area (Å²) in [5.74, 6) is -7.64. The number of nitrogens with one attached hydrogen (secondary N) is 6. The molecule has 3 saturated heterocycles. The molecule has 0 aliphatic carbocycles. The van der Waals surface area contributed by atoms with E-state index < -0.39 is 187 Å². The van der Waals surface area contributed by atoms with Crippen molar-refractivity contribution in [1.29, 1.82) is 0 Å². The van der Waals surface area contributed by atoms with Gasteiger partial charge in [0.25, 0.3) is 29.5 Å². The number of H-pyrrole nitrogens is 1. The number of hydrogen-bond acceptors (Lipinski definition) is 37. The first-order valence-corrected chi connectivity index (χ1v) is 41.9. The predicted octanol–water partition coefficient (Wildman–Crippen LogP) is 4.63. The number of aromatic amines is 1. The van der Waals surface area contributed by atoms with Crippen molar-refractivity contribution in [3.63, 3.8) is 0 Å². The molecule has 0 unspecified atom stereocenters. The van der Waals surface area contributed by atoms with Crippen LogP contribution in [0.1, 0.15) is 145 Å². The maximum atomic E-state index is 16.0. The normalized spacial score (nSPS) is 27.6. The van der Waals surface area contributed by atoms with Crippen LogP contribution in [-0.4, -0.2) is 246 Å². The molecule has 12 bridgehead atoms. The number of thiazole rings is 5. The molecule has 13 N–H and O–H groups in total. The van der Waals surface area contributed by atoms with Gasteiger partial charge in [0.2, 0.25) is 22.4 Å². The summed E-state index contributed by atoms with van der Waals surface area (Å²) in [7, 11) is 6.85. The maximum Gasteiger partial charge on any atom is 0.308 e. The Morgan fingerprint density at radius 2 is 1.43 bits per heavy atom. The molecular formula is C74H83N13O25S6. The van der Waals surface area contributed by atoms with Crippen molar-refractivity contribution in [1.82, 2.24) is 61.5 Å². The van der Waals surface area contributed by atoms with Gasteiger partial charge < -0.3 is 120 Å². The highest BCUT2D eigenvalue weighted by Crippen LogP contribution is 2.44. The van der Waals surface area contributed by atoms with Crippen LogP contribution in [0.5, 0.6) is 10.8 Å². The summed E-state index contributed by atoms with van der Waals surface area (Å²) in [6.45, 7) is 10.7. The fraction of sp³-hybridized carbons (Fsp3) is 0.459. The number of aliphatic hydroxyl groups excluding tert-OH is 4. The highest BCUT2D eigenvalue weighted by molar-refractivity contribution is 8.14. The first-order valence-electron chi connectivity index (χ1n) is 36.5. The number of ether oxygens (including phenoxy) is 12. The van der Waals surface area contributed by atoms with Gasteiger partial charge in [-0.15, -0.1) is 45.3 Å². The van der Waals surface area contributed by atoms with Crippen molar-refractivity contribution in [2.24, 2.45) is 5.73 Å². The molecule has 38 nitrogen and oxygen atoms in total.